The topological polar surface area (TPSA) is 69.2 Å². The summed E-state index contributed by atoms with van der Waals surface area (Å²) >= 11 is 0. The number of hydrogen-bond acceptors (Lipinski definition) is 4. The number of nitrogens with zero attached hydrogens (tertiary/aromatic N) is 3. The average Bonchev–Trinajstić information content (AvgIpc) is 2.66. The molecule has 0 saturated carbocycles. The van der Waals surface area contributed by atoms with E-state index in [1.54, 1.807) is 14.0 Å². The van der Waals surface area contributed by atoms with Crippen LogP contribution in [-0.2, 0) is 16.1 Å². The Labute approximate surface area is 179 Å². The third kappa shape index (κ3) is 7.92. The molecule has 0 atom stereocenters. The summed E-state index contributed by atoms with van der Waals surface area (Å²) in [5, 5.41) is 6.67. The van der Waals surface area contributed by atoms with Crippen LogP contribution >= 0.6 is 24.0 Å². The summed E-state index contributed by atoms with van der Waals surface area (Å²) in [4.78, 5) is 20.4. The van der Waals surface area contributed by atoms with Crippen molar-refractivity contribution in [1.82, 2.24) is 15.1 Å². The number of anilines is 1. The summed E-state index contributed by atoms with van der Waals surface area (Å²) in [6.45, 7) is 9.77. The van der Waals surface area contributed by atoms with Gasteiger partial charge in [0, 0.05) is 59.0 Å². The largest absolute Gasteiger partial charge is 0.383 e. The van der Waals surface area contributed by atoms with Crippen LogP contribution in [0.3, 0.4) is 0 Å². The molecular formula is C19H32IN5O2. The third-order valence-corrected chi connectivity index (χ3v) is 4.36. The molecule has 1 heterocycles. The minimum Gasteiger partial charge on any atom is -0.383 e. The minimum absolute atomic E-state index is 0. The van der Waals surface area contributed by atoms with E-state index < -0.39 is 0 Å². The van der Waals surface area contributed by atoms with Gasteiger partial charge in [-0.1, -0.05) is 12.1 Å². The number of piperazine rings is 1. The van der Waals surface area contributed by atoms with E-state index in [0.717, 1.165) is 50.9 Å². The van der Waals surface area contributed by atoms with E-state index in [2.05, 4.69) is 46.7 Å². The average molecular weight is 489 g/mol. The molecule has 152 valence electrons. The Kier molecular flexibility index (Phi) is 11.1. The molecular weight excluding hydrogens is 457 g/mol. The number of guanidine groups is 1. The summed E-state index contributed by atoms with van der Waals surface area (Å²) in [7, 11) is 1.70. The zero-order valence-electron chi connectivity index (χ0n) is 16.5. The molecule has 1 saturated heterocycles. The van der Waals surface area contributed by atoms with Crippen LogP contribution < -0.4 is 10.6 Å². The van der Waals surface area contributed by atoms with E-state index in [9.17, 15) is 4.79 Å². The molecule has 0 aromatic heterocycles. The van der Waals surface area contributed by atoms with Gasteiger partial charge in [-0.15, -0.1) is 24.0 Å². The second-order valence-corrected chi connectivity index (χ2v) is 6.28. The predicted octanol–water partition coefficient (Wildman–Crippen LogP) is 1.99. The van der Waals surface area contributed by atoms with Crippen molar-refractivity contribution < 1.29 is 9.53 Å². The van der Waals surface area contributed by atoms with Crippen LogP contribution in [0, 0.1) is 0 Å². The zero-order chi connectivity index (χ0) is 18.8. The van der Waals surface area contributed by atoms with Crippen molar-refractivity contribution in [3.05, 3.63) is 29.8 Å². The van der Waals surface area contributed by atoms with E-state index in [4.69, 9.17) is 9.73 Å². The van der Waals surface area contributed by atoms with Crippen LogP contribution in [0.5, 0.6) is 0 Å². The standard InChI is InChI=1S/C19H31N5O2.HI/c1-4-20-19(24-12-10-23(11-13-24)16(2)25)22-15-17-5-7-18(8-6-17)21-9-14-26-3;/h5-8,21H,4,9-15H2,1-3H3,(H,20,22);1H. The highest BCUT2D eigenvalue weighted by molar-refractivity contribution is 14.0. The van der Waals surface area contributed by atoms with E-state index in [0.29, 0.717) is 13.2 Å². The van der Waals surface area contributed by atoms with Gasteiger partial charge in [-0.3, -0.25) is 4.79 Å². The van der Waals surface area contributed by atoms with Crippen LogP contribution in [0.1, 0.15) is 19.4 Å². The van der Waals surface area contributed by atoms with Crippen molar-refractivity contribution in [2.45, 2.75) is 20.4 Å². The summed E-state index contributed by atoms with van der Waals surface area (Å²) in [6, 6.07) is 8.32. The quantitative estimate of drug-likeness (QED) is 0.266. The van der Waals surface area contributed by atoms with Gasteiger partial charge in [0.15, 0.2) is 5.96 Å². The zero-order valence-corrected chi connectivity index (χ0v) is 18.9. The maximum Gasteiger partial charge on any atom is 0.219 e. The van der Waals surface area contributed by atoms with Crippen molar-refractivity contribution >= 4 is 41.5 Å². The number of halogens is 1. The molecule has 1 aromatic carbocycles. The first-order valence-electron chi connectivity index (χ1n) is 9.24. The Bertz CT molecular complexity index is 586. The molecule has 8 heteroatoms. The van der Waals surface area contributed by atoms with E-state index in [-0.39, 0.29) is 29.9 Å². The molecule has 2 rings (SSSR count). The SMILES string of the molecule is CCNC(=NCc1ccc(NCCOC)cc1)N1CCN(C(C)=O)CC1.I. The Balaban J connectivity index is 0.00000364. The molecule has 0 aliphatic carbocycles. The van der Waals surface area contributed by atoms with Crippen molar-refractivity contribution in [3.63, 3.8) is 0 Å². The van der Waals surface area contributed by atoms with Gasteiger partial charge in [0.1, 0.15) is 0 Å². The van der Waals surface area contributed by atoms with Crippen LogP contribution in [-0.4, -0.2) is 74.7 Å². The fourth-order valence-electron chi connectivity index (χ4n) is 2.85. The molecule has 0 unspecified atom stereocenters. The van der Waals surface area contributed by atoms with Crippen LogP contribution in [0.15, 0.2) is 29.3 Å². The highest BCUT2D eigenvalue weighted by Crippen LogP contribution is 2.11. The molecule has 7 nitrogen and oxygen atoms in total. The summed E-state index contributed by atoms with van der Waals surface area (Å²) < 4.78 is 5.04. The lowest BCUT2D eigenvalue weighted by Gasteiger charge is -2.36. The van der Waals surface area contributed by atoms with Gasteiger partial charge >= 0.3 is 0 Å². The van der Waals surface area contributed by atoms with Gasteiger partial charge < -0.3 is 25.2 Å². The number of amides is 1. The van der Waals surface area contributed by atoms with E-state index in [1.807, 2.05) is 4.90 Å². The molecule has 1 aliphatic rings. The normalized spacial score (nSPS) is 14.6. The van der Waals surface area contributed by atoms with Crippen molar-refractivity contribution in [3.8, 4) is 0 Å². The van der Waals surface area contributed by atoms with Crippen molar-refractivity contribution in [2.75, 3.05) is 58.3 Å². The number of benzene rings is 1. The Morgan fingerprint density at radius 2 is 1.78 bits per heavy atom. The molecule has 2 N–H and O–H groups in total. The van der Waals surface area contributed by atoms with Gasteiger partial charge in [0.05, 0.1) is 13.2 Å². The summed E-state index contributed by atoms with van der Waals surface area (Å²) in [6.07, 6.45) is 0. The number of aliphatic imine (C=N–C) groups is 1. The number of hydrogen-bond donors (Lipinski definition) is 2. The van der Waals surface area contributed by atoms with E-state index >= 15 is 0 Å². The highest BCUT2D eigenvalue weighted by Gasteiger charge is 2.20. The first-order valence-corrected chi connectivity index (χ1v) is 9.24. The molecule has 27 heavy (non-hydrogen) atoms. The molecule has 1 aliphatic heterocycles. The molecule has 0 radical (unpaired) electrons. The van der Waals surface area contributed by atoms with Crippen molar-refractivity contribution in [1.29, 1.82) is 0 Å². The summed E-state index contributed by atoms with van der Waals surface area (Å²) in [5.74, 6) is 1.06. The number of methoxy groups -OCH3 is 1. The fourth-order valence-corrected chi connectivity index (χ4v) is 2.85. The Morgan fingerprint density at radius 1 is 1.15 bits per heavy atom. The fraction of sp³-hybridized carbons (Fsp3) is 0.579. The van der Waals surface area contributed by atoms with Crippen LogP contribution in [0.2, 0.25) is 0 Å². The van der Waals surface area contributed by atoms with Gasteiger partial charge in [0.2, 0.25) is 5.91 Å². The second-order valence-electron chi connectivity index (χ2n) is 6.28. The molecule has 1 aromatic rings. The lowest BCUT2D eigenvalue weighted by Crippen LogP contribution is -2.53. The Morgan fingerprint density at radius 3 is 2.33 bits per heavy atom. The molecule has 1 amide bonds. The van der Waals surface area contributed by atoms with Crippen molar-refractivity contribution in [2.24, 2.45) is 4.99 Å². The molecule has 0 bridgehead atoms. The molecule has 0 spiro atoms. The third-order valence-electron chi connectivity index (χ3n) is 4.36. The van der Waals surface area contributed by atoms with Crippen LogP contribution in [0.4, 0.5) is 5.69 Å². The number of nitrogens with one attached hydrogen (secondary N) is 2. The number of carbonyl (C=O) groups excluding carboxylic acids is 1. The molecule has 1 fully saturated rings. The van der Waals surface area contributed by atoms with Gasteiger partial charge in [-0.05, 0) is 24.6 Å². The minimum atomic E-state index is 0. The van der Waals surface area contributed by atoms with Gasteiger partial charge in [-0.2, -0.15) is 0 Å². The first-order chi connectivity index (χ1) is 12.6. The maximum atomic E-state index is 11.5. The lowest BCUT2D eigenvalue weighted by molar-refractivity contribution is -0.130. The van der Waals surface area contributed by atoms with Gasteiger partial charge in [-0.25, -0.2) is 4.99 Å². The number of ether oxygens (including phenoxy) is 1. The van der Waals surface area contributed by atoms with Crippen LogP contribution in [0.25, 0.3) is 0 Å². The Hall–Kier alpha value is -1.55. The van der Waals surface area contributed by atoms with Gasteiger partial charge in [0.25, 0.3) is 0 Å². The number of rotatable bonds is 7. The monoisotopic (exact) mass is 489 g/mol. The summed E-state index contributed by atoms with van der Waals surface area (Å²) in [5.41, 5.74) is 2.25. The highest BCUT2D eigenvalue weighted by atomic mass is 127. The van der Waals surface area contributed by atoms with E-state index in [1.165, 1.54) is 5.56 Å². The predicted molar refractivity (Wildman–Crippen MR) is 121 cm³/mol. The smallest absolute Gasteiger partial charge is 0.219 e. The maximum absolute atomic E-state index is 11.5. The first kappa shape index (κ1) is 23.5. The number of carbonyl (C=O) groups is 1. The lowest BCUT2D eigenvalue weighted by atomic mass is 10.2. The second kappa shape index (κ2) is 12.8.